The fourth-order valence-corrected chi connectivity index (χ4v) is 4.01. The van der Waals surface area contributed by atoms with Gasteiger partial charge >= 0.3 is 0 Å². The summed E-state index contributed by atoms with van der Waals surface area (Å²) in [6, 6.07) is 20.2. The van der Waals surface area contributed by atoms with E-state index in [0.29, 0.717) is 13.2 Å². The molecule has 2 aromatic rings. The van der Waals surface area contributed by atoms with Gasteiger partial charge in [0, 0.05) is 0 Å². The van der Waals surface area contributed by atoms with Crippen LogP contribution in [0, 0.1) is 0 Å². The molecule has 5 atom stereocenters. The summed E-state index contributed by atoms with van der Waals surface area (Å²) in [4.78, 5) is 0. The van der Waals surface area contributed by atoms with Crippen molar-refractivity contribution in [2.24, 2.45) is 0 Å². The van der Waals surface area contributed by atoms with Crippen LogP contribution in [0.1, 0.15) is 38.8 Å². The second-order valence-electron chi connectivity index (χ2n) is 8.43. The van der Waals surface area contributed by atoms with Crippen molar-refractivity contribution in [2.75, 3.05) is 0 Å². The third kappa shape index (κ3) is 4.39. The topological polar surface area (TPSA) is 46.2 Å². The van der Waals surface area contributed by atoms with E-state index in [1.165, 1.54) is 0 Å². The van der Waals surface area contributed by atoms with Gasteiger partial charge in [-0.1, -0.05) is 60.7 Å². The first kappa shape index (κ1) is 20.5. The zero-order valence-electron chi connectivity index (χ0n) is 17.5. The molecule has 0 aromatic heterocycles. The van der Waals surface area contributed by atoms with Crippen molar-refractivity contribution in [3.8, 4) is 0 Å². The van der Waals surface area contributed by atoms with Crippen molar-refractivity contribution in [1.82, 2.24) is 0 Å². The Balaban J connectivity index is 1.49. The molecule has 2 fully saturated rings. The number of ether oxygens (including phenoxy) is 5. The van der Waals surface area contributed by atoms with Crippen molar-refractivity contribution < 1.29 is 23.7 Å². The van der Waals surface area contributed by atoms with Gasteiger partial charge in [0.1, 0.15) is 17.8 Å². The quantitative estimate of drug-likeness (QED) is 0.690. The number of hydrogen-bond acceptors (Lipinski definition) is 5. The lowest BCUT2D eigenvalue weighted by molar-refractivity contribution is -0.262. The van der Waals surface area contributed by atoms with Gasteiger partial charge in [-0.05, 0) is 38.8 Å². The first-order valence-corrected chi connectivity index (χ1v) is 10.2. The van der Waals surface area contributed by atoms with Crippen LogP contribution in [0.2, 0.25) is 0 Å². The Morgan fingerprint density at radius 2 is 1.41 bits per heavy atom. The number of rotatable bonds is 7. The standard InChI is InChI=1S/C24H30O5/c1-17(25-15-18-11-7-5-8-12-18)24(4)21(26-16-19-13-9-6-10-14-19)20-22(29-24)28-23(2,3)27-20/h5-14,17,20-22H,15-16H2,1-4H3/t17?,20-,21+,22+,24-/m1/s1. The highest BCUT2D eigenvalue weighted by molar-refractivity contribution is 5.15. The summed E-state index contributed by atoms with van der Waals surface area (Å²) in [5.74, 6) is -0.695. The molecular formula is C24H30O5. The zero-order valence-corrected chi connectivity index (χ0v) is 17.5. The van der Waals surface area contributed by atoms with Gasteiger partial charge in [-0.3, -0.25) is 0 Å². The lowest BCUT2D eigenvalue weighted by Gasteiger charge is -2.38. The molecule has 5 heteroatoms. The molecule has 0 radical (unpaired) electrons. The molecule has 2 aliphatic rings. The highest BCUT2D eigenvalue weighted by Crippen LogP contribution is 2.45. The van der Waals surface area contributed by atoms with Gasteiger partial charge in [-0.25, -0.2) is 0 Å². The summed E-state index contributed by atoms with van der Waals surface area (Å²) in [6.07, 6.45) is -1.32. The molecule has 156 valence electrons. The van der Waals surface area contributed by atoms with Gasteiger partial charge in [0.25, 0.3) is 0 Å². The second kappa shape index (κ2) is 8.17. The fraction of sp³-hybridized carbons (Fsp3) is 0.500. The highest BCUT2D eigenvalue weighted by atomic mass is 16.8. The Kier molecular flexibility index (Phi) is 5.78. The Morgan fingerprint density at radius 3 is 2.03 bits per heavy atom. The minimum absolute atomic E-state index is 0.218. The average Bonchev–Trinajstić information content (AvgIpc) is 3.14. The number of hydrogen-bond donors (Lipinski definition) is 0. The summed E-state index contributed by atoms with van der Waals surface area (Å²) < 4.78 is 31.1. The van der Waals surface area contributed by atoms with E-state index in [1.807, 2.05) is 64.1 Å². The molecule has 0 spiro atoms. The highest BCUT2D eigenvalue weighted by Gasteiger charge is 2.62. The minimum Gasteiger partial charge on any atom is -0.371 e. The Hall–Kier alpha value is -1.76. The Bertz CT molecular complexity index is 793. The van der Waals surface area contributed by atoms with Crippen molar-refractivity contribution >= 4 is 0 Å². The van der Waals surface area contributed by atoms with Crippen LogP contribution in [0.15, 0.2) is 60.7 Å². The van der Waals surface area contributed by atoms with Crippen LogP contribution in [-0.2, 0) is 36.9 Å². The summed E-state index contributed by atoms with van der Waals surface area (Å²) in [6.45, 7) is 8.83. The number of benzene rings is 2. The predicted octanol–water partition coefficient (Wildman–Crippen LogP) is 4.44. The SMILES string of the molecule is CC(OCc1ccccc1)[C@@]1(C)O[C@@H]2OC(C)(C)O[C@@H]2[C@@H]1OCc1ccccc1. The van der Waals surface area contributed by atoms with Crippen LogP contribution in [0.5, 0.6) is 0 Å². The van der Waals surface area contributed by atoms with Crippen LogP contribution in [0.25, 0.3) is 0 Å². The number of fused-ring (bicyclic) bond motifs is 1. The smallest absolute Gasteiger partial charge is 0.190 e. The minimum atomic E-state index is -0.699. The van der Waals surface area contributed by atoms with E-state index < -0.39 is 17.7 Å². The van der Waals surface area contributed by atoms with E-state index in [0.717, 1.165) is 11.1 Å². The molecule has 0 saturated carbocycles. The first-order valence-electron chi connectivity index (χ1n) is 10.2. The van der Waals surface area contributed by atoms with Gasteiger partial charge in [0.05, 0.1) is 19.3 Å². The summed E-state index contributed by atoms with van der Waals surface area (Å²) in [7, 11) is 0. The molecule has 2 aromatic carbocycles. The maximum absolute atomic E-state index is 6.38. The molecular weight excluding hydrogens is 368 g/mol. The van der Waals surface area contributed by atoms with E-state index >= 15 is 0 Å². The third-order valence-electron chi connectivity index (χ3n) is 5.74. The second-order valence-corrected chi connectivity index (χ2v) is 8.43. The lowest BCUT2D eigenvalue weighted by Crippen LogP contribution is -2.52. The zero-order chi connectivity index (χ0) is 20.5. The van der Waals surface area contributed by atoms with Crippen LogP contribution >= 0.6 is 0 Å². The van der Waals surface area contributed by atoms with Crippen molar-refractivity contribution in [3.63, 3.8) is 0 Å². The van der Waals surface area contributed by atoms with Crippen molar-refractivity contribution in [2.45, 2.75) is 76.9 Å². The predicted molar refractivity (Wildman–Crippen MR) is 109 cm³/mol. The Morgan fingerprint density at radius 1 is 0.828 bits per heavy atom. The van der Waals surface area contributed by atoms with E-state index in [4.69, 9.17) is 23.7 Å². The van der Waals surface area contributed by atoms with Crippen LogP contribution in [0.4, 0.5) is 0 Å². The first-order chi connectivity index (χ1) is 13.9. The molecule has 1 unspecified atom stereocenters. The Labute approximate surface area is 172 Å². The summed E-state index contributed by atoms with van der Waals surface area (Å²) >= 11 is 0. The van der Waals surface area contributed by atoms with E-state index in [1.54, 1.807) is 0 Å². The molecule has 29 heavy (non-hydrogen) atoms. The van der Waals surface area contributed by atoms with Crippen LogP contribution < -0.4 is 0 Å². The maximum atomic E-state index is 6.38. The summed E-state index contributed by atoms with van der Waals surface area (Å²) in [5.41, 5.74) is 1.53. The fourth-order valence-electron chi connectivity index (χ4n) is 4.01. The van der Waals surface area contributed by atoms with Gasteiger partial charge < -0.3 is 23.7 Å². The van der Waals surface area contributed by atoms with Crippen LogP contribution in [0.3, 0.4) is 0 Å². The van der Waals surface area contributed by atoms with Gasteiger partial charge in [0.2, 0.25) is 0 Å². The largest absolute Gasteiger partial charge is 0.371 e. The molecule has 5 nitrogen and oxygen atoms in total. The normalized spacial score (nSPS) is 31.5. The molecule has 2 saturated heterocycles. The molecule has 0 aliphatic carbocycles. The molecule has 0 amide bonds. The molecule has 0 bridgehead atoms. The molecule has 0 N–H and O–H groups in total. The van der Waals surface area contributed by atoms with Gasteiger partial charge in [0.15, 0.2) is 12.1 Å². The maximum Gasteiger partial charge on any atom is 0.190 e. The molecule has 2 heterocycles. The van der Waals surface area contributed by atoms with Crippen LogP contribution in [-0.4, -0.2) is 36.0 Å². The monoisotopic (exact) mass is 398 g/mol. The average molecular weight is 398 g/mol. The molecule has 2 aliphatic heterocycles. The van der Waals surface area contributed by atoms with E-state index in [-0.39, 0.29) is 18.3 Å². The lowest BCUT2D eigenvalue weighted by atomic mass is 9.91. The van der Waals surface area contributed by atoms with E-state index in [2.05, 4.69) is 24.3 Å². The van der Waals surface area contributed by atoms with Crippen molar-refractivity contribution in [3.05, 3.63) is 71.8 Å². The van der Waals surface area contributed by atoms with Crippen molar-refractivity contribution in [1.29, 1.82) is 0 Å². The third-order valence-corrected chi connectivity index (χ3v) is 5.74. The van der Waals surface area contributed by atoms with Gasteiger partial charge in [-0.15, -0.1) is 0 Å². The summed E-state index contributed by atoms with van der Waals surface area (Å²) in [5, 5.41) is 0. The van der Waals surface area contributed by atoms with Gasteiger partial charge in [-0.2, -0.15) is 0 Å². The molecule has 4 rings (SSSR count). The van der Waals surface area contributed by atoms with E-state index in [9.17, 15) is 0 Å².